The van der Waals surface area contributed by atoms with Gasteiger partial charge >= 0.3 is 5.97 Å². The highest BCUT2D eigenvalue weighted by atomic mass is 19.1. The van der Waals surface area contributed by atoms with Gasteiger partial charge in [-0.15, -0.1) is 5.10 Å². The van der Waals surface area contributed by atoms with Crippen LogP contribution < -0.4 is 10.1 Å². The standard InChI is InChI=1S/C29H37FN4O5/c1-7-8-9-12-23(35)32-21-15-22-31-17(3)24(27(28(36)37)39-29(4,5)6)25(34(22)33-21)19-14-20(30)26-18(16(19)2)11-10-13-38-26/h14-15,27H,7-13H2,1-6H3,(H,36,37)(H,32,33,35)/t27-/m0/s1. The van der Waals surface area contributed by atoms with Gasteiger partial charge in [-0.2, -0.15) is 0 Å². The number of hydrogen-bond acceptors (Lipinski definition) is 6. The van der Waals surface area contributed by atoms with E-state index in [4.69, 9.17) is 9.47 Å². The SMILES string of the molecule is CCCCCC(=O)Nc1cc2nc(C)c([C@H](OC(C)(C)C)C(=O)O)c(-c3cc(F)c4c(c3C)CCCO4)n2n1. The van der Waals surface area contributed by atoms with Crippen molar-refractivity contribution in [1.29, 1.82) is 0 Å². The zero-order valence-corrected chi connectivity index (χ0v) is 23.5. The molecule has 3 heterocycles. The first kappa shape index (κ1) is 28.5. The number of nitrogens with one attached hydrogen (secondary N) is 1. The Bertz CT molecular complexity index is 1410. The summed E-state index contributed by atoms with van der Waals surface area (Å²) in [4.78, 5) is 29.7. The Morgan fingerprint density at radius 2 is 2.00 bits per heavy atom. The molecule has 0 spiro atoms. The first-order chi connectivity index (χ1) is 18.4. The predicted molar refractivity (Wildman–Crippen MR) is 146 cm³/mol. The van der Waals surface area contributed by atoms with Crippen LogP contribution in [0.15, 0.2) is 12.1 Å². The van der Waals surface area contributed by atoms with E-state index >= 15 is 4.39 Å². The van der Waals surface area contributed by atoms with Crippen LogP contribution in [0, 0.1) is 19.7 Å². The fourth-order valence-corrected chi connectivity index (χ4v) is 5.00. The van der Waals surface area contributed by atoms with Gasteiger partial charge in [0.2, 0.25) is 5.91 Å². The number of fused-ring (bicyclic) bond motifs is 2. The van der Waals surface area contributed by atoms with Crippen molar-refractivity contribution < 1.29 is 28.6 Å². The molecule has 0 unspecified atom stereocenters. The van der Waals surface area contributed by atoms with Gasteiger partial charge in [-0.25, -0.2) is 18.7 Å². The van der Waals surface area contributed by atoms with E-state index in [1.807, 2.05) is 6.92 Å². The van der Waals surface area contributed by atoms with Crippen molar-refractivity contribution in [3.8, 4) is 17.0 Å². The second kappa shape index (κ2) is 11.3. The molecule has 10 heteroatoms. The number of rotatable bonds is 9. The maximum absolute atomic E-state index is 15.4. The first-order valence-electron chi connectivity index (χ1n) is 13.5. The first-order valence-corrected chi connectivity index (χ1v) is 13.5. The molecular formula is C29H37FN4O5. The summed E-state index contributed by atoms with van der Waals surface area (Å²) in [6.45, 7) is 11.4. The Morgan fingerprint density at radius 1 is 1.26 bits per heavy atom. The Morgan fingerprint density at radius 3 is 2.67 bits per heavy atom. The molecule has 4 rings (SSSR count). The molecule has 1 amide bonds. The van der Waals surface area contributed by atoms with Crippen molar-refractivity contribution in [3.63, 3.8) is 0 Å². The van der Waals surface area contributed by atoms with E-state index in [0.29, 0.717) is 42.0 Å². The van der Waals surface area contributed by atoms with Crippen LogP contribution >= 0.6 is 0 Å². The number of halogens is 1. The molecule has 0 radical (unpaired) electrons. The van der Waals surface area contributed by atoms with Crippen LogP contribution in [-0.2, 0) is 20.7 Å². The van der Waals surface area contributed by atoms with Gasteiger partial charge in [0.1, 0.15) is 0 Å². The van der Waals surface area contributed by atoms with Crippen LogP contribution in [0.1, 0.15) is 88.3 Å². The highest BCUT2D eigenvalue weighted by Crippen LogP contribution is 2.41. The van der Waals surface area contributed by atoms with Crippen molar-refractivity contribution >= 4 is 23.3 Å². The molecule has 1 aromatic carbocycles. The number of hydrogen-bond donors (Lipinski definition) is 2. The number of carboxylic acid groups (broad SMARTS) is 1. The van der Waals surface area contributed by atoms with E-state index in [1.54, 1.807) is 33.8 Å². The minimum atomic E-state index is -1.40. The second-order valence-electron chi connectivity index (χ2n) is 11.0. The van der Waals surface area contributed by atoms with E-state index in [9.17, 15) is 14.7 Å². The number of benzene rings is 1. The molecule has 0 fully saturated rings. The molecule has 1 atom stereocenters. The highest BCUT2D eigenvalue weighted by Gasteiger charge is 2.34. The molecule has 9 nitrogen and oxygen atoms in total. The van der Waals surface area contributed by atoms with Gasteiger partial charge in [-0.1, -0.05) is 19.8 Å². The van der Waals surface area contributed by atoms with Crippen molar-refractivity contribution in [2.45, 2.75) is 91.8 Å². The van der Waals surface area contributed by atoms with E-state index in [-0.39, 0.29) is 23.0 Å². The number of carboxylic acids is 1. The molecule has 0 bridgehead atoms. The number of aryl methyl sites for hydroxylation is 1. The third kappa shape index (κ3) is 6.06. The second-order valence-corrected chi connectivity index (χ2v) is 11.0. The number of amides is 1. The zero-order valence-electron chi connectivity index (χ0n) is 23.5. The summed E-state index contributed by atoms with van der Waals surface area (Å²) >= 11 is 0. The van der Waals surface area contributed by atoms with Crippen molar-refractivity contribution in [2.24, 2.45) is 0 Å². The molecular weight excluding hydrogens is 503 g/mol. The number of aliphatic carboxylic acids is 1. The molecule has 2 N–H and O–H groups in total. The summed E-state index contributed by atoms with van der Waals surface area (Å²) < 4.78 is 28.5. The summed E-state index contributed by atoms with van der Waals surface area (Å²) in [6.07, 6.45) is 3.06. The Balaban J connectivity index is 1.96. The topological polar surface area (TPSA) is 115 Å². The zero-order chi connectivity index (χ0) is 28.5. The van der Waals surface area contributed by atoms with Gasteiger partial charge in [-0.3, -0.25) is 4.79 Å². The smallest absolute Gasteiger partial charge is 0.337 e. The Labute approximate surface area is 227 Å². The lowest BCUT2D eigenvalue weighted by Gasteiger charge is -2.28. The minimum absolute atomic E-state index is 0.169. The Hall–Kier alpha value is -3.53. The molecule has 1 aliphatic heterocycles. The van der Waals surface area contributed by atoms with Crippen LogP contribution in [-0.4, -0.2) is 43.8 Å². The van der Waals surface area contributed by atoms with E-state index in [0.717, 1.165) is 36.8 Å². The minimum Gasteiger partial charge on any atom is -0.490 e. The van der Waals surface area contributed by atoms with Crippen LogP contribution in [0.5, 0.6) is 5.75 Å². The third-order valence-corrected chi connectivity index (χ3v) is 6.75. The number of unbranched alkanes of at least 4 members (excludes halogenated alkanes) is 2. The number of ether oxygens (including phenoxy) is 2. The maximum Gasteiger partial charge on any atom is 0.337 e. The highest BCUT2D eigenvalue weighted by molar-refractivity contribution is 5.90. The summed E-state index contributed by atoms with van der Waals surface area (Å²) in [6, 6.07) is 2.99. The summed E-state index contributed by atoms with van der Waals surface area (Å²) in [5, 5.41) is 17.7. The summed E-state index contributed by atoms with van der Waals surface area (Å²) in [5.41, 5.74) is 2.60. The quantitative estimate of drug-likeness (QED) is 0.323. The van der Waals surface area contributed by atoms with Gasteiger partial charge in [-0.05, 0) is 65.5 Å². The van der Waals surface area contributed by atoms with Gasteiger partial charge in [0.15, 0.2) is 29.1 Å². The molecule has 210 valence electrons. The molecule has 0 aliphatic carbocycles. The monoisotopic (exact) mass is 540 g/mol. The Kier molecular flexibility index (Phi) is 8.25. The summed E-state index contributed by atoms with van der Waals surface area (Å²) in [5.74, 6) is -1.39. The number of nitrogens with zero attached hydrogens (tertiary/aromatic N) is 3. The molecule has 2 aromatic heterocycles. The fraction of sp³-hybridized carbons (Fsp3) is 0.517. The number of aromatic nitrogens is 3. The van der Waals surface area contributed by atoms with Crippen molar-refractivity contribution in [1.82, 2.24) is 14.6 Å². The number of anilines is 1. The lowest BCUT2D eigenvalue weighted by molar-refractivity contribution is -0.160. The summed E-state index contributed by atoms with van der Waals surface area (Å²) in [7, 11) is 0. The van der Waals surface area contributed by atoms with Gasteiger partial charge in [0.25, 0.3) is 0 Å². The maximum atomic E-state index is 15.4. The molecule has 3 aromatic rings. The molecule has 0 saturated heterocycles. The van der Waals surface area contributed by atoms with Crippen LogP contribution in [0.3, 0.4) is 0 Å². The van der Waals surface area contributed by atoms with Gasteiger partial charge < -0.3 is 19.9 Å². The lowest BCUT2D eigenvalue weighted by atomic mass is 9.91. The number of carbonyl (C=O) groups excluding carboxylic acids is 1. The molecule has 0 saturated carbocycles. The normalized spacial score (nSPS) is 14.1. The third-order valence-electron chi connectivity index (χ3n) is 6.75. The van der Waals surface area contributed by atoms with Crippen LogP contribution in [0.2, 0.25) is 0 Å². The fourth-order valence-electron chi connectivity index (χ4n) is 5.00. The number of carbonyl (C=O) groups is 2. The largest absolute Gasteiger partial charge is 0.490 e. The molecule has 1 aliphatic rings. The van der Waals surface area contributed by atoms with Gasteiger partial charge in [0.05, 0.1) is 17.9 Å². The molecule has 39 heavy (non-hydrogen) atoms. The van der Waals surface area contributed by atoms with E-state index < -0.39 is 23.5 Å². The van der Waals surface area contributed by atoms with Crippen LogP contribution in [0.4, 0.5) is 10.2 Å². The predicted octanol–water partition coefficient (Wildman–Crippen LogP) is 5.94. The van der Waals surface area contributed by atoms with E-state index in [2.05, 4.69) is 22.3 Å². The average molecular weight is 541 g/mol. The van der Waals surface area contributed by atoms with Crippen LogP contribution in [0.25, 0.3) is 16.9 Å². The van der Waals surface area contributed by atoms with Crippen molar-refractivity contribution in [2.75, 3.05) is 11.9 Å². The van der Waals surface area contributed by atoms with Crippen molar-refractivity contribution in [3.05, 3.63) is 40.3 Å². The van der Waals surface area contributed by atoms with Gasteiger partial charge in [0, 0.05) is 34.9 Å². The lowest BCUT2D eigenvalue weighted by Crippen LogP contribution is -2.29. The van der Waals surface area contributed by atoms with E-state index in [1.165, 1.54) is 10.6 Å². The average Bonchev–Trinajstić information content (AvgIpc) is 3.25.